The highest BCUT2D eigenvalue weighted by Crippen LogP contribution is 2.23. The predicted molar refractivity (Wildman–Crippen MR) is 103 cm³/mol. The molecule has 2 N–H and O–H groups in total. The number of nitro benzene ring substituents is 1. The Kier molecular flexibility index (Phi) is 5.90. The average Bonchev–Trinajstić information content (AvgIpc) is 3.09. The Bertz CT molecular complexity index is 1050. The van der Waals surface area contributed by atoms with Gasteiger partial charge in [-0.25, -0.2) is 4.79 Å². The van der Waals surface area contributed by atoms with Crippen molar-refractivity contribution in [1.82, 2.24) is 10.3 Å². The summed E-state index contributed by atoms with van der Waals surface area (Å²) < 4.78 is 4.87. The molecule has 0 aliphatic rings. The van der Waals surface area contributed by atoms with Crippen LogP contribution in [0.2, 0.25) is 5.02 Å². The average molecular weight is 402 g/mol. The van der Waals surface area contributed by atoms with Crippen LogP contribution in [-0.4, -0.2) is 34.9 Å². The van der Waals surface area contributed by atoms with Gasteiger partial charge in [-0.3, -0.25) is 14.9 Å². The van der Waals surface area contributed by atoms with E-state index in [9.17, 15) is 19.7 Å². The fraction of sp³-hybridized carbons (Fsp3) is 0.158. The van der Waals surface area contributed by atoms with Crippen molar-refractivity contribution >= 4 is 40.1 Å². The number of hydrogen-bond donors (Lipinski definition) is 2. The Morgan fingerprint density at radius 3 is 2.79 bits per heavy atom. The van der Waals surface area contributed by atoms with Gasteiger partial charge in [0.2, 0.25) is 0 Å². The molecule has 0 fully saturated rings. The van der Waals surface area contributed by atoms with E-state index in [1.54, 1.807) is 0 Å². The number of fused-ring (bicyclic) bond motifs is 1. The van der Waals surface area contributed by atoms with E-state index in [0.717, 1.165) is 22.5 Å². The number of nitro groups is 1. The molecule has 0 aliphatic heterocycles. The number of halogens is 1. The molecule has 0 aliphatic carbocycles. The van der Waals surface area contributed by atoms with Gasteiger partial charge in [-0.2, -0.15) is 0 Å². The largest absolute Gasteiger partial charge is 0.452 e. The van der Waals surface area contributed by atoms with E-state index in [0.29, 0.717) is 13.0 Å². The highest BCUT2D eigenvalue weighted by Gasteiger charge is 2.22. The minimum Gasteiger partial charge on any atom is -0.452 e. The maximum absolute atomic E-state index is 12.0. The number of aromatic nitrogens is 1. The Hall–Kier alpha value is -3.39. The molecular formula is C19H16ClN3O5. The second kappa shape index (κ2) is 8.53. The molecule has 1 aromatic heterocycles. The highest BCUT2D eigenvalue weighted by atomic mass is 35.5. The minimum atomic E-state index is -0.963. The van der Waals surface area contributed by atoms with Crippen molar-refractivity contribution in [3.05, 3.63) is 74.9 Å². The van der Waals surface area contributed by atoms with Gasteiger partial charge in [0.25, 0.3) is 11.6 Å². The molecule has 144 valence electrons. The van der Waals surface area contributed by atoms with E-state index in [1.165, 1.54) is 12.1 Å². The summed E-state index contributed by atoms with van der Waals surface area (Å²) >= 11 is 5.71. The zero-order valence-corrected chi connectivity index (χ0v) is 15.4. The number of H-pyrrole nitrogens is 1. The highest BCUT2D eigenvalue weighted by molar-refractivity contribution is 6.31. The number of aromatic amines is 1. The first kappa shape index (κ1) is 19.4. The number of rotatable bonds is 7. The SMILES string of the molecule is O=C(COC(=O)c1ccc(Cl)cc1[N+](=O)[O-])NCCc1c[nH]c2ccccc12. The van der Waals surface area contributed by atoms with E-state index in [1.807, 2.05) is 30.5 Å². The van der Waals surface area contributed by atoms with Crippen LogP contribution in [0.1, 0.15) is 15.9 Å². The van der Waals surface area contributed by atoms with Gasteiger partial charge in [-0.15, -0.1) is 0 Å². The van der Waals surface area contributed by atoms with Gasteiger partial charge in [-0.05, 0) is 30.2 Å². The molecule has 2 aromatic carbocycles. The van der Waals surface area contributed by atoms with E-state index < -0.39 is 29.1 Å². The van der Waals surface area contributed by atoms with E-state index in [-0.39, 0.29) is 10.6 Å². The predicted octanol–water partition coefficient (Wildman–Crippen LogP) is 3.25. The summed E-state index contributed by atoms with van der Waals surface area (Å²) in [6, 6.07) is 11.4. The Morgan fingerprint density at radius 1 is 1.21 bits per heavy atom. The van der Waals surface area contributed by atoms with Crippen molar-refractivity contribution in [2.24, 2.45) is 0 Å². The lowest BCUT2D eigenvalue weighted by Gasteiger charge is -2.07. The first-order valence-corrected chi connectivity index (χ1v) is 8.76. The maximum Gasteiger partial charge on any atom is 0.345 e. The molecule has 0 saturated heterocycles. The maximum atomic E-state index is 12.0. The fourth-order valence-electron chi connectivity index (χ4n) is 2.76. The number of esters is 1. The Labute approximate surface area is 164 Å². The second-order valence-corrected chi connectivity index (χ2v) is 6.39. The number of para-hydroxylation sites is 1. The molecule has 3 rings (SSSR count). The number of benzene rings is 2. The van der Waals surface area contributed by atoms with Crippen LogP contribution < -0.4 is 5.32 Å². The summed E-state index contributed by atoms with van der Waals surface area (Å²) in [7, 11) is 0. The fourth-order valence-corrected chi connectivity index (χ4v) is 2.93. The van der Waals surface area contributed by atoms with Crippen molar-refractivity contribution in [2.75, 3.05) is 13.2 Å². The zero-order chi connectivity index (χ0) is 20.1. The molecule has 8 nitrogen and oxygen atoms in total. The Morgan fingerprint density at radius 2 is 2.00 bits per heavy atom. The van der Waals surface area contributed by atoms with Gasteiger partial charge < -0.3 is 15.0 Å². The van der Waals surface area contributed by atoms with Crippen LogP contribution in [0.3, 0.4) is 0 Å². The number of amides is 1. The lowest BCUT2D eigenvalue weighted by molar-refractivity contribution is -0.385. The van der Waals surface area contributed by atoms with Crippen molar-refractivity contribution in [2.45, 2.75) is 6.42 Å². The third-order valence-corrected chi connectivity index (χ3v) is 4.34. The normalized spacial score (nSPS) is 10.6. The molecular weight excluding hydrogens is 386 g/mol. The summed E-state index contributed by atoms with van der Waals surface area (Å²) in [6.07, 6.45) is 2.49. The molecule has 1 heterocycles. The third-order valence-electron chi connectivity index (χ3n) is 4.10. The molecule has 0 radical (unpaired) electrons. The monoisotopic (exact) mass is 401 g/mol. The van der Waals surface area contributed by atoms with Crippen LogP contribution in [0, 0.1) is 10.1 Å². The Balaban J connectivity index is 1.50. The van der Waals surface area contributed by atoms with Gasteiger partial charge >= 0.3 is 5.97 Å². The van der Waals surface area contributed by atoms with Gasteiger partial charge in [0, 0.05) is 34.7 Å². The number of hydrogen-bond acceptors (Lipinski definition) is 5. The van der Waals surface area contributed by atoms with Gasteiger partial charge in [0.05, 0.1) is 4.92 Å². The van der Waals surface area contributed by atoms with Crippen molar-refractivity contribution in [3.8, 4) is 0 Å². The topological polar surface area (TPSA) is 114 Å². The van der Waals surface area contributed by atoms with Crippen molar-refractivity contribution in [1.29, 1.82) is 0 Å². The van der Waals surface area contributed by atoms with Crippen molar-refractivity contribution < 1.29 is 19.2 Å². The summed E-state index contributed by atoms with van der Waals surface area (Å²) in [5.74, 6) is -1.46. The smallest absolute Gasteiger partial charge is 0.345 e. The molecule has 28 heavy (non-hydrogen) atoms. The van der Waals surface area contributed by atoms with Gasteiger partial charge in [0.1, 0.15) is 5.56 Å². The van der Waals surface area contributed by atoms with Crippen LogP contribution in [0.4, 0.5) is 5.69 Å². The minimum absolute atomic E-state index is 0.123. The molecule has 0 atom stereocenters. The third kappa shape index (κ3) is 4.47. The molecule has 1 amide bonds. The molecule has 0 spiro atoms. The summed E-state index contributed by atoms with van der Waals surface area (Å²) in [5, 5.41) is 14.9. The molecule has 3 aromatic rings. The first-order valence-electron chi connectivity index (χ1n) is 8.38. The van der Waals surface area contributed by atoms with Crippen LogP contribution in [-0.2, 0) is 16.0 Å². The van der Waals surface area contributed by atoms with Gasteiger partial charge in [-0.1, -0.05) is 29.8 Å². The van der Waals surface area contributed by atoms with Gasteiger partial charge in [0.15, 0.2) is 6.61 Å². The quantitative estimate of drug-likeness (QED) is 0.358. The second-order valence-electron chi connectivity index (χ2n) is 5.95. The number of carbonyl (C=O) groups is 2. The van der Waals surface area contributed by atoms with E-state index >= 15 is 0 Å². The van der Waals surface area contributed by atoms with E-state index in [4.69, 9.17) is 16.3 Å². The molecule has 0 unspecified atom stereocenters. The first-order chi connectivity index (χ1) is 13.5. The lowest BCUT2D eigenvalue weighted by Crippen LogP contribution is -2.30. The summed E-state index contributed by atoms with van der Waals surface area (Å²) in [4.78, 5) is 37.4. The molecule has 0 saturated carbocycles. The summed E-state index contributed by atoms with van der Waals surface area (Å²) in [5.41, 5.74) is 1.34. The lowest BCUT2D eigenvalue weighted by atomic mass is 10.1. The molecule has 0 bridgehead atoms. The standard InChI is InChI=1S/C19H16ClN3O5/c20-13-5-6-15(17(9-13)23(26)27)19(25)28-11-18(24)21-8-7-12-10-22-16-4-2-1-3-14(12)16/h1-6,9-10,22H,7-8,11H2,(H,21,24). The van der Waals surface area contributed by atoms with E-state index in [2.05, 4.69) is 10.3 Å². The number of nitrogens with one attached hydrogen (secondary N) is 2. The van der Waals surface area contributed by atoms with Crippen molar-refractivity contribution in [3.63, 3.8) is 0 Å². The number of ether oxygens (including phenoxy) is 1. The number of carbonyl (C=O) groups excluding carboxylic acids is 2. The van der Waals surface area contributed by atoms with Crippen LogP contribution >= 0.6 is 11.6 Å². The number of nitrogens with zero attached hydrogens (tertiary/aromatic N) is 1. The van der Waals surface area contributed by atoms with Crippen LogP contribution in [0.25, 0.3) is 10.9 Å². The summed E-state index contributed by atoms with van der Waals surface area (Å²) in [6.45, 7) is -0.175. The van der Waals surface area contributed by atoms with Crippen LogP contribution in [0.5, 0.6) is 0 Å². The molecule has 9 heteroatoms. The van der Waals surface area contributed by atoms with Crippen LogP contribution in [0.15, 0.2) is 48.7 Å². The zero-order valence-electron chi connectivity index (χ0n) is 14.6.